The molecular weight excluding hydrogens is 759 g/mol. The first-order valence-electron chi connectivity index (χ1n) is 20.9. The molecule has 0 unspecified atom stereocenters. The van der Waals surface area contributed by atoms with Crippen molar-refractivity contribution in [2.24, 2.45) is 0 Å². The van der Waals surface area contributed by atoms with Crippen LogP contribution in [-0.2, 0) is 0 Å². The molecule has 0 aliphatic rings. The summed E-state index contributed by atoms with van der Waals surface area (Å²) < 4.78 is 13.4. The van der Waals surface area contributed by atoms with Crippen LogP contribution < -0.4 is 0 Å². The lowest BCUT2D eigenvalue weighted by molar-refractivity contribution is 0.669. The van der Waals surface area contributed by atoms with E-state index >= 15 is 0 Å². The summed E-state index contributed by atoms with van der Waals surface area (Å²) in [6.07, 6.45) is 0. The van der Waals surface area contributed by atoms with Crippen molar-refractivity contribution in [1.29, 1.82) is 0 Å². The molecule has 290 valence electrons. The Balaban J connectivity index is 1.01. The fourth-order valence-electron chi connectivity index (χ4n) is 9.62. The Morgan fingerprint density at radius 3 is 1.50 bits per heavy atom. The molecule has 6 heteroatoms. The molecule has 4 heterocycles. The number of fused-ring (bicyclic) bond motifs is 9. The molecule has 13 rings (SSSR count). The molecule has 0 spiro atoms. The first-order chi connectivity index (χ1) is 30.8. The minimum atomic E-state index is 0.783. The first kappa shape index (κ1) is 34.4. The third-order valence-electron chi connectivity index (χ3n) is 12.4. The number of aromatic nitrogens is 5. The van der Waals surface area contributed by atoms with Gasteiger partial charge in [0.25, 0.3) is 0 Å². The van der Waals surface area contributed by atoms with E-state index < -0.39 is 0 Å². The number of furan rings is 1. The van der Waals surface area contributed by atoms with Crippen LogP contribution in [0.5, 0.6) is 0 Å². The zero-order chi connectivity index (χ0) is 40.7. The third-order valence-corrected chi connectivity index (χ3v) is 12.4. The van der Waals surface area contributed by atoms with Gasteiger partial charge in [-0.25, -0.2) is 0 Å². The molecule has 0 atom stereocenters. The maximum absolute atomic E-state index is 6.42. The minimum absolute atomic E-state index is 0.783. The summed E-state index contributed by atoms with van der Waals surface area (Å²) in [6, 6.07) is 75.2. The molecule has 0 fully saturated rings. The summed E-state index contributed by atoms with van der Waals surface area (Å²) in [4.78, 5) is 0. The Labute approximate surface area is 355 Å². The molecule has 9 aromatic carbocycles. The van der Waals surface area contributed by atoms with E-state index in [1.165, 1.54) is 16.2 Å². The molecule has 0 aliphatic heterocycles. The van der Waals surface area contributed by atoms with Gasteiger partial charge in [0.1, 0.15) is 11.2 Å². The van der Waals surface area contributed by atoms with Gasteiger partial charge >= 0.3 is 0 Å². The van der Waals surface area contributed by atoms with E-state index in [-0.39, 0.29) is 0 Å². The zero-order valence-corrected chi connectivity index (χ0v) is 33.4. The van der Waals surface area contributed by atoms with E-state index in [1.54, 1.807) is 0 Å². The summed E-state index contributed by atoms with van der Waals surface area (Å²) in [7, 11) is 0. The van der Waals surface area contributed by atoms with Crippen LogP contribution in [0.4, 0.5) is 0 Å². The highest BCUT2D eigenvalue weighted by molar-refractivity contribution is 6.17. The summed E-state index contributed by atoms with van der Waals surface area (Å²) in [6.45, 7) is 0. The quantitative estimate of drug-likeness (QED) is 0.168. The standard InChI is InChI=1S/C56H35N5O/c1-3-16-36(17-4-1)55-57-58-56(37-18-5-2-6-19-37)61(55)50-30-15-27-45-42-24-7-11-29-49(42)60(54(45)50)41-23-14-21-39(33-41)38-20-13-22-40(32-38)59-48-28-10-8-25-43(48)46-34-47-44-26-9-12-31-52(44)62-53(47)35-51(46)59/h1-35H. The van der Waals surface area contributed by atoms with Crippen LogP contribution in [0.3, 0.4) is 0 Å². The molecule has 4 aromatic heterocycles. The van der Waals surface area contributed by atoms with Crippen LogP contribution in [0.25, 0.3) is 117 Å². The molecule has 0 aliphatic carbocycles. The number of rotatable bonds is 6. The number of para-hydroxylation sites is 4. The molecule has 13 aromatic rings. The number of hydrogen-bond donors (Lipinski definition) is 0. The predicted molar refractivity (Wildman–Crippen MR) is 254 cm³/mol. The van der Waals surface area contributed by atoms with E-state index in [4.69, 9.17) is 14.6 Å². The van der Waals surface area contributed by atoms with Crippen molar-refractivity contribution in [3.05, 3.63) is 212 Å². The molecule has 0 radical (unpaired) electrons. The summed E-state index contributed by atoms with van der Waals surface area (Å²) in [5, 5.41) is 16.7. The molecule has 0 bridgehead atoms. The van der Waals surface area contributed by atoms with E-state index in [2.05, 4.69) is 202 Å². The Morgan fingerprint density at radius 1 is 0.306 bits per heavy atom. The largest absolute Gasteiger partial charge is 0.456 e. The summed E-state index contributed by atoms with van der Waals surface area (Å²) in [5.74, 6) is 1.57. The Kier molecular flexibility index (Phi) is 7.50. The van der Waals surface area contributed by atoms with Crippen molar-refractivity contribution in [2.75, 3.05) is 0 Å². The maximum atomic E-state index is 6.42. The van der Waals surface area contributed by atoms with Crippen molar-refractivity contribution in [2.45, 2.75) is 0 Å². The van der Waals surface area contributed by atoms with Gasteiger partial charge in [-0.1, -0.05) is 152 Å². The van der Waals surface area contributed by atoms with Crippen LogP contribution in [0, 0.1) is 0 Å². The number of benzene rings is 9. The Morgan fingerprint density at radius 2 is 0.823 bits per heavy atom. The van der Waals surface area contributed by atoms with Gasteiger partial charge in [0.05, 0.1) is 27.8 Å². The predicted octanol–water partition coefficient (Wildman–Crippen LogP) is 14.4. The Bertz CT molecular complexity index is 3810. The first-order valence-corrected chi connectivity index (χ1v) is 20.9. The maximum Gasteiger partial charge on any atom is 0.168 e. The molecule has 0 saturated carbocycles. The average Bonchev–Trinajstić information content (AvgIpc) is 4.11. The molecule has 0 N–H and O–H groups in total. The van der Waals surface area contributed by atoms with Crippen molar-refractivity contribution < 1.29 is 4.42 Å². The van der Waals surface area contributed by atoms with Gasteiger partial charge in [-0.15, -0.1) is 10.2 Å². The summed E-state index contributed by atoms with van der Waals surface area (Å²) in [5.41, 5.74) is 13.6. The van der Waals surface area contributed by atoms with Gasteiger partial charge in [-0.3, -0.25) is 4.57 Å². The normalized spacial score (nSPS) is 11.9. The highest BCUT2D eigenvalue weighted by Gasteiger charge is 2.23. The van der Waals surface area contributed by atoms with Crippen LogP contribution >= 0.6 is 0 Å². The second-order valence-corrected chi connectivity index (χ2v) is 15.9. The lowest BCUT2D eigenvalue weighted by atomic mass is 10.0. The average molecular weight is 794 g/mol. The van der Waals surface area contributed by atoms with Crippen LogP contribution in [-0.4, -0.2) is 23.9 Å². The minimum Gasteiger partial charge on any atom is -0.456 e. The summed E-state index contributed by atoms with van der Waals surface area (Å²) >= 11 is 0. The highest BCUT2D eigenvalue weighted by atomic mass is 16.3. The highest BCUT2D eigenvalue weighted by Crippen LogP contribution is 2.41. The van der Waals surface area contributed by atoms with Gasteiger partial charge in [0, 0.05) is 60.9 Å². The second-order valence-electron chi connectivity index (χ2n) is 15.9. The zero-order valence-electron chi connectivity index (χ0n) is 33.4. The van der Waals surface area contributed by atoms with E-state index in [0.29, 0.717) is 0 Å². The fraction of sp³-hybridized carbons (Fsp3) is 0. The molecule has 6 nitrogen and oxygen atoms in total. The van der Waals surface area contributed by atoms with Gasteiger partial charge in [-0.05, 0) is 65.7 Å². The molecule has 0 saturated heterocycles. The van der Waals surface area contributed by atoms with Crippen molar-refractivity contribution in [1.82, 2.24) is 23.9 Å². The van der Waals surface area contributed by atoms with Gasteiger partial charge in [-0.2, -0.15) is 0 Å². The number of nitrogens with zero attached hydrogens (tertiary/aromatic N) is 5. The van der Waals surface area contributed by atoms with Crippen LogP contribution in [0.1, 0.15) is 0 Å². The number of hydrogen-bond acceptors (Lipinski definition) is 3. The van der Waals surface area contributed by atoms with Crippen molar-refractivity contribution in [3.8, 4) is 51.0 Å². The lowest BCUT2D eigenvalue weighted by Gasteiger charge is -2.16. The van der Waals surface area contributed by atoms with Crippen LogP contribution in [0.2, 0.25) is 0 Å². The third kappa shape index (κ3) is 5.17. The van der Waals surface area contributed by atoms with Gasteiger partial charge in [0.2, 0.25) is 0 Å². The van der Waals surface area contributed by atoms with Crippen molar-refractivity contribution >= 4 is 65.6 Å². The molecular formula is C56H35N5O. The second kappa shape index (κ2) is 13.5. The van der Waals surface area contributed by atoms with E-state index in [1.807, 2.05) is 24.3 Å². The van der Waals surface area contributed by atoms with E-state index in [9.17, 15) is 0 Å². The van der Waals surface area contributed by atoms with E-state index in [0.717, 1.165) is 100 Å². The Hall–Kier alpha value is -8.48. The molecule has 62 heavy (non-hydrogen) atoms. The smallest absolute Gasteiger partial charge is 0.168 e. The fourth-order valence-corrected chi connectivity index (χ4v) is 9.62. The van der Waals surface area contributed by atoms with Gasteiger partial charge < -0.3 is 13.6 Å². The monoisotopic (exact) mass is 793 g/mol. The molecule has 0 amide bonds. The van der Waals surface area contributed by atoms with Gasteiger partial charge in [0.15, 0.2) is 11.6 Å². The lowest BCUT2D eigenvalue weighted by Crippen LogP contribution is -2.04. The van der Waals surface area contributed by atoms with Crippen molar-refractivity contribution in [3.63, 3.8) is 0 Å². The topological polar surface area (TPSA) is 53.7 Å². The van der Waals surface area contributed by atoms with Crippen LogP contribution in [0.15, 0.2) is 217 Å². The SMILES string of the molecule is c1ccc(-c2nnc(-c3ccccc3)n2-c2cccc3c4ccccc4n(-c4cccc(-c5cccc(-n6c7ccccc7c7cc8c(cc76)oc6ccccc68)c5)c4)c23)cc1.